The van der Waals surface area contributed by atoms with Gasteiger partial charge in [0, 0.05) is 11.3 Å². The minimum Gasteiger partial charge on any atom is -0.486 e. The van der Waals surface area contributed by atoms with E-state index < -0.39 is 5.97 Å². The molecule has 3 aromatic rings. The van der Waals surface area contributed by atoms with Crippen LogP contribution < -0.4 is 10.1 Å². The molecule has 0 bridgehead atoms. The van der Waals surface area contributed by atoms with Gasteiger partial charge in [0.1, 0.15) is 18.1 Å². The van der Waals surface area contributed by atoms with E-state index in [4.69, 9.17) is 14.3 Å². The van der Waals surface area contributed by atoms with Gasteiger partial charge in [-0.25, -0.2) is 4.79 Å². The number of benzene rings is 2. The third kappa shape index (κ3) is 4.10. The lowest BCUT2D eigenvalue weighted by molar-refractivity contribution is 0.0658. The van der Waals surface area contributed by atoms with Crippen LogP contribution >= 0.6 is 0 Å². The zero-order valence-corrected chi connectivity index (χ0v) is 14.1. The van der Waals surface area contributed by atoms with Gasteiger partial charge in [0.05, 0.1) is 0 Å². The molecule has 0 saturated heterocycles. The summed E-state index contributed by atoms with van der Waals surface area (Å²) in [4.78, 5) is 23.1. The first-order valence-electron chi connectivity index (χ1n) is 7.95. The van der Waals surface area contributed by atoms with E-state index in [1.807, 2.05) is 31.2 Å². The molecule has 26 heavy (non-hydrogen) atoms. The Balaban J connectivity index is 1.60. The molecule has 6 nitrogen and oxygen atoms in total. The molecule has 0 aliphatic heterocycles. The predicted octanol–water partition coefficient (Wildman–Crippen LogP) is 4.12. The Bertz CT molecular complexity index is 927. The minimum absolute atomic E-state index is 0.0992. The van der Waals surface area contributed by atoms with Gasteiger partial charge in [-0.3, -0.25) is 4.79 Å². The monoisotopic (exact) mass is 351 g/mol. The van der Waals surface area contributed by atoms with Crippen LogP contribution in [0.15, 0.2) is 65.1 Å². The largest absolute Gasteiger partial charge is 0.486 e. The summed E-state index contributed by atoms with van der Waals surface area (Å²) in [5.74, 6) is -0.510. The van der Waals surface area contributed by atoms with E-state index in [-0.39, 0.29) is 18.3 Å². The number of carbonyl (C=O) groups is 2. The number of rotatable bonds is 6. The molecular weight excluding hydrogens is 334 g/mol. The summed E-state index contributed by atoms with van der Waals surface area (Å²) < 4.78 is 10.7. The van der Waals surface area contributed by atoms with Crippen LogP contribution in [0.25, 0.3) is 0 Å². The molecule has 0 aliphatic carbocycles. The fourth-order valence-electron chi connectivity index (χ4n) is 2.34. The second-order valence-electron chi connectivity index (χ2n) is 5.65. The molecule has 1 amide bonds. The van der Waals surface area contributed by atoms with Gasteiger partial charge in [0.25, 0.3) is 5.91 Å². The number of para-hydroxylation sites is 1. The number of anilines is 1. The average Bonchev–Trinajstić information content (AvgIpc) is 3.12. The maximum absolute atomic E-state index is 12.3. The first-order chi connectivity index (χ1) is 12.5. The molecule has 0 atom stereocenters. The molecule has 132 valence electrons. The Kier molecular flexibility index (Phi) is 5.03. The highest BCUT2D eigenvalue weighted by atomic mass is 16.5. The molecule has 1 aromatic heterocycles. The second-order valence-corrected chi connectivity index (χ2v) is 5.65. The lowest BCUT2D eigenvalue weighted by Gasteiger charge is -2.09. The molecule has 3 rings (SSSR count). The highest BCUT2D eigenvalue weighted by Gasteiger charge is 2.10. The van der Waals surface area contributed by atoms with Crippen molar-refractivity contribution in [3.63, 3.8) is 0 Å². The summed E-state index contributed by atoms with van der Waals surface area (Å²) in [6.07, 6.45) is 0. The Labute approximate surface area is 150 Å². The van der Waals surface area contributed by atoms with Crippen LogP contribution in [-0.2, 0) is 6.61 Å². The van der Waals surface area contributed by atoms with Crippen LogP contribution in [0.5, 0.6) is 5.75 Å². The van der Waals surface area contributed by atoms with Crippen molar-refractivity contribution in [2.45, 2.75) is 13.5 Å². The van der Waals surface area contributed by atoms with Crippen molar-refractivity contribution in [3.05, 3.63) is 83.3 Å². The van der Waals surface area contributed by atoms with Gasteiger partial charge in [-0.05, 0) is 55.0 Å². The fourth-order valence-corrected chi connectivity index (χ4v) is 2.34. The van der Waals surface area contributed by atoms with Crippen LogP contribution in [0.3, 0.4) is 0 Å². The summed E-state index contributed by atoms with van der Waals surface area (Å²) >= 11 is 0. The highest BCUT2D eigenvalue weighted by molar-refractivity contribution is 6.04. The third-order valence-electron chi connectivity index (χ3n) is 3.76. The number of nitrogens with one attached hydrogen (secondary N) is 1. The zero-order chi connectivity index (χ0) is 18.5. The molecule has 0 spiro atoms. The SMILES string of the molecule is Cc1ccccc1NC(=O)c1ccc(OCc2ccc(C(=O)O)o2)cc1. The number of carbonyl (C=O) groups excluding carboxylic acids is 1. The second kappa shape index (κ2) is 7.57. The van der Waals surface area contributed by atoms with Crippen molar-refractivity contribution in [2.75, 3.05) is 5.32 Å². The smallest absolute Gasteiger partial charge is 0.371 e. The van der Waals surface area contributed by atoms with Gasteiger partial charge in [-0.2, -0.15) is 0 Å². The van der Waals surface area contributed by atoms with Gasteiger partial charge in [-0.15, -0.1) is 0 Å². The number of ether oxygens (including phenoxy) is 1. The topological polar surface area (TPSA) is 88.8 Å². The van der Waals surface area contributed by atoms with Crippen LogP contribution in [0.1, 0.15) is 32.2 Å². The van der Waals surface area contributed by atoms with Crippen molar-refractivity contribution in [3.8, 4) is 5.75 Å². The van der Waals surface area contributed by atoms with E-state index in [1.54, 1.807) is 30.3 Å². The molecular formula is C20H17NO5. The number of furan rings is 1. The number of aromatic carboxylic acids is 1. The number of carboxylic acid groups (broad SMARTS) is 1. The van der Waals surface area contributed by atoms with E-state index in [2.05, 4.69) is 5.32 Å². The van der Waals surface area contributed by atoms with Crippen LogP contribution in [0.4, 0.5) is 5.69 Å². The normalized spacial score (nSPS) is 10.3. The highest BCUT2D eigenvalue weighted by Crippen LogP contribution is 2.18. The number of aryl methyl sites for hydroxylation is 1. The van der Waals surface area contributed by atoms with Crippen molar-refractivity contribution in [2.24, 2.45) is 0 Å². The third-order valence-corrected chi connectivity index (χ3v) is 3.76. The van der Waals surface area contributed by atoms with Crippen molar-refractivity contribution in [1.29, 1.82) is 0 Å². The number of hydrogen-bond acceptors (Lipinski definition) is 4. The fraction of sp³-hybridized carbons (Fsp3) is 0.100. The molecule has 0 aliphatic rings. The molecule has 0 unspecified atom stereocenters. The molecule has 0 saturated carbocycles. The average molecular weight is 351 g/mol. The number of carboxylic acids is 1. The zero-order valence-electron chi connectivity index (χ0n) is 14.1. The predicted molar refractivity (Wildman–Crippen MR) is 95.6 cm³/mol. The number of hydrogen-bond donors (Lipinski definition) is 2. The Hall–Kier alpha value is -3.54. The first-order valence-corrected chi connectivity index (χ1v) is 7.95. The summed E-state index contributed by atoms with van der Waals surface area (Å²) in [5.41, 5.74) is 2.26. The van der Waals surface area contributed by atoms with E-state index >= 15 is 0 Å². The summed E-state index contributed by atoms with van der Waals surface area (Å²) in [6, 6.07) is 17.1. The molecule has 0 fully saturated rings. The summed E-state index contributed by atoms with van der Waals surface area (Å²) in [5, 5.41) is 11.7. The van der Waals surface area contributed by atoms with Crippen molar-refractivity contribution in [1.82, 2.24) is 0 Å². The quantitative estimate of drug-likeness (QED) is 0.697. The van der Waals surface area contributed by atoms with Gasteiger partial charge < -0.3 is 19.6 Å². The molecule has 2 N–H and O–H groups in total. The van der Waals surface area contributed by atoms with E-state index in [0.29, 0.717) is 17.1 Å². The van der Waals surface area contributed by atoms with E-state index in [0.717, 1.165) is 11.3 Å². The lowest BCUT2D eigenvalue weighted by Crippen LogP contribution is -2.12. The van der Waals surface area contributed by atoms with E-state index in [1.165, 1.54) is 6.07 Å². The standard InChI is InChI=1S/C20H17NO5/c1-13-4-2-3-5-17(13)21-19(22)14-6-8-15(9-7-14)25-12-16-10-11-18(26-16)20(23)24/h2-11H,12H2,1H3,(H,21,22)(H,23,24). The molecule has 6 heteroatoms. The van der Waals surface area contributed by atoms with Crippen LogP contribution in [0.2, 0.25) is 0 Å². The Morgan fingerprint density at radius 3 is 2.42 bits per heavy atom. The molecule has 1 heterocycles. The van der Waals surface area contributed by atoms with Gasteiger partial charge in [0.2, 0.25) is 5.76 Å². The molecule has 0 radical (unpaired) electrons. The lowest BCUT2D eigenvalue weighted by atomic mass is 10.1. The first kappa shape index (κ1) is 17.3. The summed E-state index contributed by atoms with van der Waals surface area (Å²) in [7, 11) is 0. The Morgan fingerprint density at radius 2 is 1.77 bits per heavy atom. The Morgan fingerprint density at radius 1 is 1.04 bits per heavy atom. The van der Waals surface area contributed by atoms with Gasteiger partial charge in [-0.1, -0.05) is 18.2 Å². The van der Waals surface area contributed by atoms with Crippen molar-refractivity contribution < 1.29 is 23.8 Å². The van der Waals surface area contributed by atoms with Crippen LogP contribution in [0, 0.1) is 6.92 Å². The molecule has 2 aromatic carbocycles. The van der Waals surface area contributed by atoms with E-state index in [9.17, 15) is 9.59 Å². The van der Waals surface area contributed by atoms with Crippen molar-refractivity contribution >= 4 is 17.6 Å². The van der Waals surface area contributed by atoms with Gasteiger partial charge in [0.15, 0.2) is 0 Å². The maximum Gasteiger partial charge on any atom is 0.371 e. The van der Waals surface area contributed by atoms with Crippen LogP contribution in [-0.4, -0.2) is 17.0 Å². The maximum atomic E-state index is 12.3. The minimum atomic E-state index is -1.12. The number of amides is 1. The summed E-state index contributed by atoms with van der Waals surface area (Å²) in [6.45, 7) is 2.03. The van der Waals surface area contributed by atoms with Gasteiger partial charge >= 0.3 is 5.97 Å².